The van der Waals surface area contributed by atoms with Gasteiger partial charge in [0, 0.05) is 5.41 Å². The summed E-state index contributed by atoms with van der Waals surface area (Å²) in [6, 6.07) is 0. The Kier molecular flexibility index (Phi) is 1.76. The minimum atomic E-state index is -2.69. The lowest BCUT2D eigenvalue weighted by Gasteiger charge is -2.39. The molecule has 1 fully saturated rings. The predicted molar refractivity (Wildman–Crippen MR) is 40.4 cm³/mol. The second-order valence-electron chi connectivity index (χ2n) is 3.09. The molecule has 0 atom stereocenters. The Hall–Kier alpha value is -0.0900. The molecule has 10 heavy (non-hydrogen) atoms. The summed E-state index contributed by atoms with van der Waals surface area (Å²) in [7, 11) is -2.69. The Morgan fingerprint density at radius 1 is 1.50 bits per heavy atom. The monoisotopic (exact) mass is 163 g/mol. The maximum absolute atomic E-state index is 10.8. The van der Waals surface area contributed by atoms with Gasteiger partial charge in [0.2, 0.25) is 0 Å². The molecular weight excluding hydrogens is 150 g/mol. The highest BCUT2D eigenvalue weighted by atomic mass is 32.2. The van der Waals surface area contributed by atoms with Gasteiger partial charge in [0.05, 0.1) is 11.5 Å². The average molecular weight is 163 g/mol. The van der Waals surface area contributed by atoms with E-state index in [1.807, 2.05) is 6.92 Å². The second kappa shape index (κ2) is 2.20. The van der Waals surface area contributed by atoms with Crippen molar-refractivity contribution < 1.29 is 8.42 Å². The van der Waals surface area contributed by atoms with Crippen molar-refractivity contribution >= 4 is 9.84 Å². The summed E-state index contributed by atoms with van der Waals surface area (Å²) in [5, 5.41) is 0. The van der Waals surface area contributed by atoms with E-state index in [0.29, 0.717) is 18.1 Å². The molecule has 0 amide bonds. The molecule has 0 unspecified atom stereocenters. The fraction of sp³-hybridized carbons (Fsp3) is 1.00. The summed E-state index contributed by atoms with van der Waals surface area (Å²) in [6.07, 6.45) is 0.878. The van der Waals surface area contributed by atoms with E-state index in [0.717, 1.165) is 6.42 Å². The van der Waals surface area contributed by atoms with Crippen molar-refractivity contribution in [1.82, 2.24) is 0 Å². The van der Waals surface area contributed by atoms with Crippen LogP contribution in [0.15, 0.2) is 0 Å². The van der Waals surface area contributed by atoms with E-state index >= 15 is 0 Å². The van der Waals surface area contributed by atoms with E-state index in [9.17, 15) is 8.42 Å². The van der Waals surface area contributed by atoms with Gasteiger partial charge in [0.1, 0.15) is 0 Å². The molecule has 0 radical (unpaired) electrons. The van der Waals surface area contributed by atoms with Gasteiger partial charge in [-0.25, -0.2) is 8.42 Å². The first-order chi connectivity index (χ1) is 4.54. The lowest BCUT2D eigenvalue weighted by Crippen LogP contribution is -2.52. The molecule has 3 nitrogen and oxygen atoms in total. The van der Waals surface area contributed by atoms with Gasteiger partial charge in [-0.1, -0.05) is 6.92 Å². The summed E-state index contributed by atoms with van der Waals surface area (Å²) < 4.78 is 21.5. The summed E-state index contributed by atoms with van der Waals surface area (Å²) >= 11 is 0. The first-order valence-electron chi connectivity index (χ1n) is 3.44. The maximum Gasteiger partial charge on any atom is 0.151 e. The zero-order chi connectivity index (χ0) is 7.83. The molecule has 0 aromatic carbocycles. The van der Waals surface area contributed by atoms with Crippen LogP contribution in [0, 0.1) is 5.41 Å². The molecule has 1 aliphatic rings. The van der Waals surface area contributed by atoms with Gasteiger partial charge in [-0.05, 0) is 13.0 Å². The summed E-state index contributed by atoms with van der Waals surface area (Å²) in [5.41, 5.74) is 5.37. The van der Waals surface area contributed by atoms with E-state index in [2.05, 4.69) is 0 Å². The number of hydrogen-bond acceptors (Lipinski definition) is 3. The average Bonchev–Trinajstić information content (AvgIpc) is 1.82. The first-order valence-corrected chi connectivity index (χ1v) is 5.26. The number of nitrogens with two attached hydrogens (primary N) is 1. The second-order valence-corrected chi connectivity index (χ2v) is 5.15. The molecule has 4 heteroatoms. The van der Waals surface area contributed by atoms with Gasteiger partial charge in [-0.3, -0.25) is 0 Å². The minimum absolute atomic E-state index is 0.0706. The molecular formula is C6H13NO2S. The molecule has 0 saturated carbocycles. The molecule has 60 valence electrons. The normalized spacial score (nSPS) is 27.4. The molecule has 0 aromatic heterocycles. The SMILES string of the molecule is CCC1(CN)CS(=O)(=O)C1. The third-order valence-electron chi connectivity index (χ3n) is 2.24. The van der Waals surface area contributed by atoms with Crippen molar-refractivity contribution in [3.05, 3.63) is 0 Å². The summed E-state index contributed by atoms with van der Waals surface area (Å²) in [5.74, 6) is 0.597. The molecule has 0 spiro atoms. The zero-order valence-electron chi connectivity index (χ0n) is 6.13. The first kappa shape index (κ1) is 8.01. The Morgan fingerprint density at radius 2 is 2.00 bits per heavy atom. The quantitative estimate of drug-likeness (QED) is 0.611. The zero-order valence-corrected chi connectivity index (χ0v) is 6.95. The van der Waals surface area contributed by atoms with Gasteiger partial charge in [-0.2, -0.15) is 0 Å². The highest BCUT2D eigenvalue weighted by Gasteiger charge is 2.45. The highest BCUT2D eigenvalue weighted by molar-refractivity contribution is 7.92. The maximum atomic E-state index is 10.8. The van der Waals surface area contributed by atoms with Gasteiger partial charge >= 0.3 is 0 Å². The molecule has 1 rings (SSSR count). The number of sulfone groups is 1. The van der Waals surface area contributed by atoms with Crippen molar-refractivity contribution in [2.45, 2.75) is 13.3 Å². The van der Waals surface area contributed by atoms with Crippen LogP contribution in [-0.4, -0.2) is 26.5 Å². The van der Waals surface area contributed by atoms with Crippen molar-refractivity contribution in [3.63, 3.8) is 0 Å². The van der Waals surface area contributed by atoms with Gasteiger partial charge < -0.3 is 5.73 Å². The minimum Gasteiger partial charge on any atom is -0.330 e. The Bertz CT molecular complexity index is 202. The molecule has 2 N–H and O–H groups in total. The molecule has 1 saturated heterocycles. The van der Waals surface area contributed by atoms with Crippen LogP contribution in [0.3, 0.4) is 0 Å². The van der Waals surface area contributed by atoms with Crippen LogP contribution >= 0.6 is 0 Å². The molecule has 1 heterocycles. The Balaban J connectivity index is 2.63. The summed E-state index contributed by atoms with van der Waals surface area (Å²) in [4.78, 5) is 0. The largest absolute Gasteiger partial charge is 0.330 e. The number of hydrogen-bond donors (Lipinski definition) is 1. The van der Waals surface area contributed by atoms with Gasteiger partial charge in [-0.15, -0.1) is 0 Å². The van der Waals surface area contributed by atoms with E-state index < -0.39 is 9.84 Å². The van der Waals surface area contributed by atoms with Crippen LogP contribution in [0.5, 0.6) is 0 Å². The molecule has 0 bridgehead atoms. The van der Waals surface area contributed by atoms with Crippen LogP contribution in [0.1, 0.15) is 13.3 Å². The molecule has 1 aliphatic heterocycles. The van der Waals surface area contributed by atoms with Crippen LogP contribution in [0.25, 0.3) is 0 Å². The third-order valence-corrected chi connectivity index (χ3v) is 4.34. The Labute approximate surface area is 61.5 Å². The van der Waals surface area contributed by atoms with E-state index in [1.165, 1.54) is 0 Å². The van der Waals surface area contributed by atoms with Crippen molar-refractivity contribution in [2.24, 2.45) is 11.1 Å². The van der Waals surface area contributed by atoms with Crippen LogP contribution in [-0.2, 0) is 9.84 Å². The van der Waals surface area contributed by atoms with Crippen LogP contribution in [0.4, 0.5) is 0 Å². The Morgan fingerprint density at radius 3 is 2.10 bits per heavy atom. The van der Waals surface area contributed by atoms with E-state index in [4.69, 9.17) is 5.73 Å². The van der Waals surface area contributed by atoms with Crippen molar-refractivity contribution in [3.8, 4) is 0 Å². The lowest BCUT2D eigenvalue weighted by molar-refractivity contribution is 0.331. The topological polar surface area (TPSA) is 60.2 Å². The van der Waals surface area contributed by atoms with E-state index in [-0.39, 0.29) is 5.41 Å². The fourth-order valence-corrected chi connectivity index (χ4v) is 3.78. The highest BCUT2D eigenvalue weighted by Crippen LogP contribution is 2.34. The van der Waals surface area contributed by atoms with E-state index in [1.54, 1.807) is 0 Å². The number of rotatable bonds is 2. The molecule has 0 aliphatic carbocycles. The standard InChI is InChI=1S/C6H13NO2S/c1-2-6(3-7)4-10(8,9)5-6/h2-5,7H2,1H3. The van der Waals surface area contributed by atoms with Crippen molar-refractivity contribution in [1.29, 1.82) is 0 Å². The van der Waals surface area contributed by atoms with Gasteiger partial charge in [0.15, 0.2) is 9.84 Å². The molecule has 0 aromatic rings. The third kappa shape index (κ3) is 1.18. The fourth-order valence-electron chi connectivity index (χ4n) is 1.36. The lowest BCUT2D eigenvalue weighted by atomic mass is 9.89. The van der Waals surface area contributed by atoms with Gasteiger partial charge in [0.25, 0.3) is 0 Å². The van der Waals surface area contributed by atoms with Crippen LogP contribution in [0.2, 0.25) is 0 Å². The van der Waals surface area contributed by atoms with Crippen LogP contribution < -0.4 is 5.73 Å². The summed E-state index contributed by atoms with van der Waals surface area (Å²) in [6.45, 7) is 2.49. The predicted octanol–water partition coefficient (Wildman–Crippen LogP) is -0.230. The smallest absolute Gasteiger partial charge is 0.151 e. The van der Waals surface area contributed by atoms with Crippen molar-refractivity contribution in [2.75, 3.05) is 18.1 Å².